The van der Waals surface area contributed by atoms with E-state index in [2.05, 4.69) is 89.9 Å². The normalized spacial score (nSPS) is 14.1. The van der Waals surface area contributed by atoms with Gasteiger partial charge < -0.3 is 14.4 Å². The van der Waals surface area contributed by atoms with Gasteiger partial charge in [0, 0.05) is 39.3 Å². The van der Waals surface area contributed by atoms with Crippen molar-refractivity contribution in [3.8, 4) is 33.6 Å². The van der Waals surface area contributed by atoms with Crippen molar-refractivity contribution in [1.29, 1.82) is 0 Å². The van der Waals surface area contributed by atoms with Crippen molar-refractivity contribution < 1.29 is 25.9 Å². The van der Waals surface area contributed by atoms with E-state index in [1.165, 1.54) is 17.2 Å². The molecule has 4 heteroatoms. The number of nitrogens with zero attached hydrogens (tertiary/aromatic N) is 2. The average molecular weight is 800 g/mol. The van der Waals surface area contributed by atoms with Crippen LogP contribution in [0.5, 0.6) is 0 Å². The first-order valence-corrected chi connectivity index (χ1v) is 16.4. The molecule has 3 heterocycles. The molecule has 0 atom stereocenters. The molecule has 1 aliphatic rings. The number of hydrogen-bond acceptors (Lipinski definition) is 3. The minimum atomic E-state index is -0.434. The van der Waals surface area contributed by atoms with Crippen molar-refractivity contribution in [3.63, 3.8) is 0 Å². The molecule has 1 fully saturated rings. The van der Waals surface area contributed by atoms with Crippen molar-refractivity contribution in [2.75, 3.05) is 0 Å². The van der Waals surface area contributed by atoms with Gasteiger partial charge in [-0.25, -0.2) is 0 Å². The molecule has 1 saturated carbocycles. The predicted octanol–water partition coefficient (Wildman–Crippen LogP) is 11.9. The van der Waals surface area contributed by atoms with Crippen LogP contribution >= 0.6 is 0 Å². The standard InChI is InChI=1S/C33H26NO.C11H8N.Ir/c1-2-7-22(8-3-1)23-13-15-24(16-14-23)27-17-18-34-31(20-27)29-12-6-11-28-30-19-25-9-4-5-10-26(25)21-32(30)35-33(28)29;1-2-6-10(7-3-1)11-8-4-5-9-12-11;/h4-6,9-11,13-22H,1-3,7-8H2;1-6,8-9H;/q2*-1;/i22D;;. The molecule has 3 aromatic heterocycles. The molecule has 0 bridgehead atoms. The monoisotopic (exact) mass is 800 g/mol. The second-order valence-electron chi connectivity index (χ2n) is 12.1. The Labute approximate surface area is 296 Å². The van der Waals surface area contributed by atoms with Gasteiger partial charge in [-0.05, 0) is 81.9 Å². The fourth-order valence-electron chi connectivity index (χ4n) is 6.60. The number of benzene rings is 5. The first kappa shape index (κ1) is 30.4. The van der Waals surface area contributed by atoms with Gasteiger partial charge in [0.05, 0.1) is 5.58 Å². The number of rotatable bonds is 4. The minimum Gasteiger partial charge on any atom is -0.501 e. The smallest absolute Gasteiger partial charge is 0.121 e. The number of furan rings is 1. The predicted molar refractivity (Wildman–Crippen MR) is 193 cm³/mol. The third kappa shape index (κ3) is 6.60. The molecule has 0 saturated heterocycles. The van der Waals surface area contributed by atoms with Crippen molar-refractivity contribution >= 4 is 32.7 Å². The summed E-state index contributed by atoms with van der Waals surface area (Å²) in [6.45, 7) is 0. The molecule has 0 amide bonds. The number of hydrogen-bond donors (Lipinski definition) is 0. The minimum absolute atomic E-state index is 0. The van der Waals surface area contributed by atoms with E-state index in [0.717, 1.165) is 86.8 Å². The van der Waals surface area contributed by atoms with Gasteiger partial charge in [-0.15, -0.1) is 54.1 Å². The molecule has 48 heavy (non-hydrogen) atoms. The first-order chi connectivity index (χ1) is 23.6. The summed E-state index contributed by atoms with van der Waals surface area (Å²) in [5.74, 6) is -0.434. The number of fused-ring (bicyclic) bond motifs is 4. The fraction of sp³-hybridized carbons (Fsp3) is 0.136. The van der Waals surface area contributed by atoms with Gasteiger partial charge in [-0.1, -0.05) is 96.9 Å². The molecule has 1 aliphatic carbocycles. The Balaban J connectivity index is 0.000000246. The quantitative estimate of drug-likeness (QED) is 0.166. The summed E-state index contributed by atoms with van der Waals surface area (Å²) in [7, 11) is 0. The molecular formula is C44H34IrN2O-2. The molecule has 3 nitrogen and oxygen atoms in total. The van der Waals surface area contributed by atoms with Gasteiger partial charge in [0.2, 0.25) is 0 Å². The molecule has 237 valence electrons. The zero-order valence-electron chi connectivity index (χ0n) is 27.5. The maximum absolute atomic E-state index is 8.93. The Morgan fingerprint density at radius 3 is 2.17 bits per heavy atom. The van der Waals surface area contributed by atoms with Crippen LogP contribution in [0.1, 0.15) is 44.9 Å². The number of aromatic nitrogens is 2. The van der Waals surface area contributed by atoms with Gasteiger partial charge >= 0.3 is 0 Å². The summed E-state index contributed by atoms with van der Waals surface area (Å²) in [5, 5.41) is 4.56. The SMILES string of the molecule is [2H]C1(c2ccc(-c3ccnc(-c4[c-]ccc5c4oc4cc6ccccc6cc45)c3)cc2)CCCCC1.[Ir].[c-]1ccccc1-c1ccccn1. The Bertz CT molecular complexity index is 2290. The van der Waals surface area contributed by atoms with Gasteiger partial charge in [0.25, 0.3) is 0 Å². The molecule has 9 rings (SSSR count). The molecule has 1 radical (unpaired) electrons. The van der Waals surface area contributed by atoms with E-state index >= 15 is 0 Å². The molecule has 8 aromatic rings. The van der Waals surface area contributed by atoms with E-state index in [9.17, 15) is 0 Å². The molecular weight excluding hydrogens is 765 g/mol. The van der Waals surface area contributed by atoms with Crippen LogP contribution in [-0.4, -0.2) is 9.97 Å². The van der Waals surface area contributed by atoms with Crippen LogP contribution in [0.25, 0.3) is 66.4 Å². The fourth-order valence-corrected chi connectivity index (χ4v) is 6.60. The Morgan fingerprint density at radius 1 is 0.625 bits per heavy atom. The molecule has 0 N–H and O–H groups in total. The van der Waals surface area contributed by atoms with Crippen LogP contribution in [0.3, 0.4) is 0 Å². The van der Waals surface area contributed by atoms with Crippen LogP contribution in [0.4, 0.5) is 0 Å². The maximum Gasteiger partial charge on any atom is 0.121 e. The Hall–Kier alpha value is -4.89. The molecule has 0 spiro atoms. The van der Waals surface area contributed by atoms with Crippen LogP contribution in [0.15, 0.2) is 144 Å². The van der Waals surface area contributed by atoms with Crippen LogP contribution < -0.4 is 0 Å². The van der Waals surface area contributed by atoms with Crippen molar-refractivity contribution in [2.45, 2.75) is 38.0 Å². The van der Waals surface area contributed by atoms with E-state index in [0.29, 0.717) is 0 Å². The largest absolute Gasteiger partial charge is 0.501 e. The van der Waals surface area contributed by atoms with E-state index < -0.39 is 5.89 Å². The van der Waals surface area contributed by atoms with Gasteiger partial charge in [-0.3, -0.25) is 0 Å². The maximum atomic E-state index is 8.93. The summed E-state index contributed by atoms with van der Waals surface area (Å²) in [6.07, 6.45) is 9.12. The van der Waals surface area contributed by atoms with E-state index in [1.807, 2.05) is 60.8 Å². The Kier molecular flexibility index (Phi) is 9.18. The molecule has 0 aliphatic heterocycles. The summed E-state index contributed by atoms with van der Waals surface area (Å²) in [5.41, 5.74) is 8.78. The molecule has 0 unspecified atom stereocenters. The summed E-state index contributed by atoms with van der Waals surface area (Å²) in [6, 6.07) is 49.7. The summed E-state index contributed by atoms with van der Waals surface area (Å²) < 4.78 is 15.3. The average Bonchev–Trinajstić information content (AvgIpc) is 3.53. The van der Waals surface area contributed by atoms with Crippen molar-refractivity contribution in [2.24, 2.45) is 0 Å². The zero-order valence-corrected chi connectivity index (χ0v) is 28.8. The summed E-state index contributed by atoms with van der Waals surface area (Å²) >= 11 is 0. The van der Waals surface area contributed by atoms with Gasteiger partial charge in [0.15, 0.2) is 0 Å². The van der Waals surface area contributed by atoms with Crippen molar-refractivity contribution in [1.82, 2.24) is 9.97 Å². The third-order valence-electron chi connectivity index (χ3n) is 9.05. The Morgan fingerprint density at radius 2 is 1.40 bits per heavy atom. The topological polar surface area (TPSA) is 38.9 Å². The van der Waals surface area contributed by atoms with Crippen LogP contribution in [-0.2, 0) is 20.1 Å². The van der Waals surface area contributed by atoms with E-state index in [4.69, 9.17) is 10.8 Å². The summed E-state index contributed by atoms with van der Waals surface area (Å²) in [4.78, 5) is 8.91. The first-order valence-electron chi connectivity index (χ1n) is 16.9. The number of pyridine rings is 2. The van der Waals surface area contributed by atoms with Crippen molar-refractivity contribution in [3.05, 3.63) is 157 Å². The van der Waals surface area contributed by atoms with E-state index in [1.54, 1.807) is 6.20 Å². The van der Waals surface area contributed by atoms with Gasteiger partial charge in [-0.2, -0.15) is 0 Å². The van der Waals surface area contributed by atoms with Crippen LogP contribution in [0.2, 0.25) is 0 Å². The molecule has 5 aromatic carbocycles. The second-order valence-corrected chi connectivity index (χ2v) is 12.1. The zero-order chi connectivity index (χ0) is 32.3. The van der Waals surface area contributed by atoms with Crippen LogP contribution in [0, 0.1) is 12.1 Å². The second kappa shape index (κ2) is 14.5. The van der Waals surface area contributed by atoms with E-state index in [-0.39, 0.29) is 20.1 Å². The van der Waals surface area contributed by atoms with Gasteiger partial charge in [0.1, 0.15) is 5.58 Å². The third-order valence-corrected chi connectivity index (χ3v) is 9.05.